The van der Waals surface area contributed by atoms with E-state index in [2.05, 4.69) is 12.2 Å². The summed E-state index contributed by atoms with van der Waals surface area (Å²) < 4.78 is 13.8. The van der Waals surface area contributed by atoms with Gasteiger partial charge in [-0.3, -0.25) is 10.1 Å². The van der Waals surface area contributed by atoms with Crippen LogP contribution in [-0.2, 0) is 6.54 Å². The van der Waals surface area contributed by atoms with Gasteiger partial charge < -0.3 is 5.32 Å². The van der Waals surface area contributed by atoms with Gasteiger partial charge in [0, 0.05) is 24.7 Å². The third-order valence-electron chi connectivity index (χ3n) is 3.78. The maximum atomic E-state index is 13.8. The van der Waals surface area contributed by atoms with Crippen molar-refractivity contribution in [1.29, 1.82) is 0 Å². The molecule has 5 heteroatoms. The normalized spacial score (nSPS) is 16.6. The minimum atomic E-state index is -0.726. The lowest BCUT2D eigenvalue weighted by Crippen LogP contribution is -2.23. The van der Waals surface area contributed by atoms with Crippen molar-refractivity contribution in [3.8, 4) is 0 Å². The Kier molecular flexibility index (Phi) is 3.61. The summed E-state index contributed by atoms with van der Waals surface area (Å²) in [5.74, 6) is -0.726. The number of hydrogen-bond acceptors (Lipinski definition) is 3. The van der Waals surface area contributed by atoms with E-state index in [0.717, 1.165) is 13.0 Å². The third kappa shape index (κ3) is 2.67. The molecule has 0 aliphatic heterocycles. The molecule has 1 saturated carbocycles. The third-order valence-corrected chi connectivity index (χ3v) is 3.78. The number of rotatable bonds is 6. The van der Waals surface area contributed by atoms with Crippen LogP contribution in [-0.4, -0.2) is 11.5 Å². The lowest BCUT2D eigenvalue weighted by atomic mass is 10.0. The van der Waals surface area contributed by atoms with E-state index in [1.54, 1.807) is 6.07 Å². The Bertz CT molecular complexity index is 458. The topological polar surface area (TPSA) is 55.2 Å². The van der Waals surface area contributed by atoms with Gasteiger partial charge in [0.25, 0.3) is 0 Å². The molecule has 1 N–H and O–H groups in total. The van der Waals surface area contributed by atoms with Crippen molar-refractivity contribution in [3.05, 3.63) is 39.7 Å². The van der Waals surface area contributed by atoms with Crippen LogP contribution in [0.4, 0.5) is 10.1 Å². The molecule has 1 aromatic carbocycles. The Morgan fingerprint density at radius 1 is 1.50 bits per heavy atom. The van der Waals surface area contributed by atoms with E-state index < -0.39 is 16.4 Å². The van der Waals surface area contributed by atoms with Crippen LogP contribution in [0.3, 0.4) is 0 Å². The zero-order valence-electron chi connectivity index (χ0n) is 10.4. The van der Waals surface area contributed by atoms with Crippen molar-refractivity contribution in [2.75, 3.05) is 6.54 Å². The number of nitrogens with one attached hydrogen (secondary N) is 1. The molecule has 0 unspecified atom stereocenters. The molecule has 0 heterocycles. The first-order chi connectivity index (χ1) is 8.58. The average Bonchev–Trinajstić information content (AvgIpc) is 3.12. The van der Waals surface area contributed by atoms with Gasteiger partial charge in [0.2, 0.25) is 5.82 Å². The fraction of sp³-hybridized carbons (Fsp3) is 0.538. The highest BCUT2D eigenvalue weighted by atomic mass is 19.1. The number of halogens is 1. The highest BCUT2D eigenvalue weighted by Crippen LogP contribution is 2.47. The summed E-state index contributed by atoms with van der Waals surface area (Å²) in [6.07, 6.45) is 3.55. The van der Waals surface area contributed by atoms with Crippen LogP contribution in [0.25, 0.3) is 0 Å². The molecule has 98 valence electrons. The van der Waals surface area contributed by atoms with Crippen LogP contribution in [0.2, 0.25) is 0 Å². The van der Waals surface area contributed by atoms with Gasteiger partial charge >= 0.3 is 5.69 Å². The SMILES string of the molecule is CCC1(CNCc2cccc([N+](=O)[O-])c2F)CC1. The minimum Gasteiger partial charge on any atom is -0.312 e. The second-order valence-corrected chi connectivity index (χ2v) is 4.96. The molecule has 1 aliphatic rings. The summed E-state index contributed by atoms with van der Waals surface area (Å²) in [7, 11) is 0. The summed E-state index contributed by atoms with van der Waals surface area (Å²) in [5, 5.41) is 13.8. The smallest absolute Gasteiger partial charge is 0.305 e. The van der Waals surface area contributed by atoms with Crippen molar-refractivity contribution in [3.63, 3.8) is 0 Å². The monoisotopic (exact) mass is 252 g/mol. The standard InChI is InChI=1S/C13H17FN2O2/c1-2-13(6-7-13)9-15-8-10-4-3-5-11(12(10)14)16(17)18/h3-5,15H,2,6-9H2,1H3. The molecule has 4 nitrogen and oxygen atoms in total. The molecule has 0 radical (unpaired) electrons. The highest BCUT2D eigenvalue weighted by molar-refractivity contribution is 5.36. The maximum absolute atomic E-state index is 13.8. The molecule has 0 amide bonds. The van der Waals surface area contributed by atoms with Gasteiger partial charge in [0.15, 0.2) is 0 Å². The van der Waals surface area contributed by atoms with E-state index in [1.165, 1.54) is 25.0 Å². The fourth-order valence-corrected chi connectivity index (χ4v) is 2.14. The summed E-state index contributed by atoms with van der Waals surface area (Å²) in [4.78, 5) is 9.92. The number of benzene rings is 1. The van der Waals surface area contributed by atoms with Crippen LogP contribution in [0.5, 0.6) is 0 Å². The molecule has 0 saturated heterocycles. The fourth-order valence-electron chi connectivity index (χ4n) is 2.14. The molecule has 0 spiro atoms. The van der Waals surface area contributed by atoms with Crippen molar-refractivity contribution in [2.45, 2.75) is 32.7 Å². The van der Waals surface area contributed by atoms with Crippen LogP contribution in [0.1, 0.15) is 31.7 Å². The maximum Gasteiger partial charge on any atom is 0.305 e. The summed E-state index contributed by atoms with van der Waals surface area (Å²) >= 11 is 0. The Morgan fingerprint density at radius 3 is 2.78 bits per heavy atom. The van der Waals surface area contributed by atoms with E-state index in [0.29, 0.717) is 17.5 Å². The Hall–Kier alpha value is -1.49. The molecule has 1 aliphatic carbocycles. The Morgan fingerprint density at radius 2 is 2.22 bits per heavy atom. The summed E-state index contributed by atoms with van der Waals surface area (Å²) in [6.45, 7) is 3.35. The van der Waals surface area contributed by atoms with Crippen LogP contribution in [0, 0.1) is 21.3 Å². The largest absolute Gasteiger partial charge is 0.312 e. The zero-order chi connectivity index (χ0) is 13.2. The van der Waals surface area contributed by atoms with Crippen molar-refractivity contribution < 1.29 is 9.31 Å². The predicted octanol–water partition coefficient (Wildman–Crippen LogP) is 3.01. The molecular weight excluding hydrogens is 235 g/mol. The van der Waals surface area contributed by atoms with Crippen molar-refractivity contribution in [1.82, 2.24) is 5.32 Å². The van der Waals surface area contributed by atoms with E-state index >= 15 is 0 Å². The lowest BCUT2D eigenvalue weighted by Gasteiger charge is -2.13. The van der Waals surface area contributed by atoms with E-state index in [9.17, 15) is 14.5 Å². The lowest BCUT2D eigenvalue weighted by molar-refractivity contribution is -0.387. The predicted molar refractivity (Wildman–Crippen MR) is 66.7 cm³/mol. The first-order valence-corrected chi connectivity index (χ1v) is 6.20. The summed E-state index contributed by atoms with van der Waals surface area (Å²) in [5.41, 5.74) is 0.291. The number of nitro groups is 1. The molecular formula is C13H17FN2O2. The van der Waals surface area contributed by atoms with Crippen LogP contribution >= 0.6 is 0 Å². The van der Waals surface area contributed by atoms with Gasteiger partial charge in [-0.25, -0.2) is 0 Å². The minimum absolute atomic E-state index is 0.343. The molecule has 0 atom stereocenters. The van der Waals surface area contributed by atoms with E-state index in [1.807, 2.05) is 0 Å². The Balaban J connectivity index is 1.97. The Labute approximate surface area is 105 Å². The number of nitro benzene ring substituents is 1. The first kappa shape index (κ1) is 13.0. The molecule has 1 aromatic rings. The van der Waals surface area contributed by atoms with E-state index in [4.69, 9.17) is 0 Å². The van der Waals surface area contributed by atoms with Gasteiger partial charge in [-0.1, -0.05) is 19.1 Å². The summed E-state index contributed by atoms with van der Waals surface area (Å²) in [6, 6.07) is 4.29. The van der Waals surface area contributed by atoms with Gasteiger partial charge in [-0.15, -0.1) is 0 Å². The van der Waals surface area contributed by atoms with E-state index in [-0.39, 0.29) is 0 Å². The van der Waals surface area contributed by atoms with Gasteiger partial charge in [-0.2, -0.15) is 4.39 Å². The second kappa shape index (κ2) is 5.02. The van der Waals surface area contributed by atoms with Gasteiger partial charge in [-0.05, 0) is 24.7 Å². The van der Waals surface area contributed by atoms with Crippen LogP contribution < -0.4 is 5.32 Å². The number of nitrogens with zero attached hydrogens (tertiary/aromatic N) is 1. The molecule has 2 rings (SSSR count). The van der Waals surface area contributed by atoms with Crippen LogP contribution in [0.15, 0.2) is 18.2 Å². The highest BCUT2D eigenvalue weighted by Gasteiger charge is 2.39. The van der Waals surface area contributed by atoms with Gasteiger partial charge in [0.05, 0.1) is 4.92 Å². The first-order valence-electron chi connectivity index (χ1n) is 6.20. The molecule has 0 aromatic heterocycles. The quantitative estimate of drug-likeness (QED) is 0.625. The molecule has 18 heavy (non-hydrogen) atoms. The van der Waals surface area contributed by atoms with Crippen molar-refractivity contribution >= 4 is 5.69 Å². The zero-order valence-corrected chi connectivity index (χ0v) is 10.4. The molecule has 0 bridgehead atoms. The molecule has 1 fully saturated rings. The van der Waals surface area contributed by atoms with Crippen molar-refractivity contribution in [2.24, 2.45) is 5.41 Å². The average molecular weight is 252 g/mol. The van der Waals surface area contributed by atoms with Gasteiger partial charge in [0.1, 0.15) is 0 Å². The number of hydrogen-bond donors (Lipinski definition) is 1. The second-order valence-electron chi connectivity index (χ2n) is 4.96.